The van der Waals surface area contributed by atoms with Crippen molar-refractivity contribution in [1.29, 1.82) is 0 Å². The van der Waals surface area contributed by atoms with Crippen LogP contribution in [0.15, 0.2) is 83.5 Å². The molecule has 0 saturated heterocycles. The van der Waals surface area contributed by atoms with Crippen molar-refractivity contribution in [1.82, 2.24) is 0 Å². The summed E-state index contributed by atoms with van der Waals surface area (Å²) >= 11 is 5.98. The quantitative estimate of drug-likeness (QED) is 0.332. The molecular formula is C24H16ClNO4. The number of halogens is 1. The van der Waals surface area contributed by atoms with Gasteiger partial charge in [-0.25, -0.2) is 14.6 Å². The summed E-state index contributed by atoms with van der Waals surface area (Å²) in [6.07, 6.45) is 1.60. The van der Waals surface area contributed by atoms with Crippen LogP contribution in [0.5, 0.6) is 5.75 Å². The topological polar surface area (TPSA) is 65.0 Å². The van der Waals surface area contributed by atoms with Gasteiger partial charge in [0, 0.05) is 10.6 Å². The second-order valence-electron chi connectivity index (χ2n) is 6.67. The monoisotopic (exact) mass is 417 g/mol. The first-order chi connectivity index (χ1) is 14.5. The average Bonchev–Trinajstić information content (AvgIpc) is 3.10. The third-order valence-corrected chi connectivity index (χ3v) is 4.61. The van der Waals surface area contributed by atoms with E-state index in [2.05, 4.69) is 4.99 Å². The maximum atomic E-state index is 12.2. The van der Waals surface area contributed by atoms with E-state index in [1.54, 1.807) is 66.7 Å². The highest BCUT2D eigenvalue weighted by atomic mass is 35.5. The normalized spacial score (nSPS) is 14.4. The largest absolute Gasteiger partial charge is 0.423 e. The third kappa shape index (κ3) is 4.47. The molecule has 1 aliphatic heterocycles. The molecule has 0 unspecified atom stereocenters. The number of nitrogens with zero attached hydrogens (tertiary/aromatic N) is 1. The van der Waals surface area contributed by atoms with Crippen molar-refractivity contribution in [3.05, 3.63) is 106 Å². The molecule has 1 aliphatic rings. The van der Waals surface area contributed by atoms with E-state index in [4.69, 9.17) is 21.1 Å². The van der Waals surface area contributed by atoms with Crippen molar-refractivity contribution in [2.75, 3.05) is 0 Å². The number of esters is 2. The molecule has 30 heavy (non-hydrogen) atoms. The molecule has 3 aromatic rings. The van der Waals surface area contributed by atoms with Gasteiger partial charge in [0.2, 0.25) is 5.90 Å². The highest BCUT2D eigenvalue weighted by Gasteiger charge is 2.24. The Bertz CT molecular complexity index is 1180. The Hall–Kier alpha value is -3.70. The molecule has 0 saturated carbocycles. The molecule has 5 nitrogen and oxygen atoms in total. The van der Waals surface area contributed by atoms with Crippen molar-refractivity contribution in [2.45, 2.75) is 6.92 Å². The third-order valence-electron chi connectivity index (χ3n) is 4.37. The predicted molar refractivity (Wildman–Crippen MR) is 115 cm³/mol. The summed E-state index contributed by atoms with van der Waals surface area (Å²) in [7, 11) is 0. The lowest BCUT2D eigenvalue weighted by molar-refractivity contribution is -0.129. The minimum Gasteiger partial charge on any atom is -0.423 e. The number of carbonyl (C=O) groups is 2. The molecule has 0 aliphatic carbocycles. The fraction of sp³-hybridized carbons (Fsp3) is 0.0417. The molecule has 4 rings (SSSR count). The lowest BCUT2D eigenvalue weighted by Crippen LogP contribution is -2.08. The fourth-order valence-corrected chi connectivity index (χ4v) is 2.99. The van der Waals surface area contributed by atoms with E-state index >= 15 is 0 Å². The molecule has 0 atom stereocenters. The lowest BCUT2D eigenvalue weighted by Gasteiger charge is -2.05. The van der Waals surface area contributed by atoms with Gasteiger partial charge in [0.25, 0.3) is 0 Å². The zero-order valence-electron chi connectivity index (χ0n) is 16.0. The number of carbonyl (C=O) groups excluding carboxylic acids is 2. The zero-order valence-corrected chi connectivity index (χ0v) is 16.7. The molecule has 148 valence electrons. The zero-order chi connectivity index (χ0) is 21.1. The van der Waals surface area contributed by atoms with Gasteiger partial charge in [0.15, 0.2) is 5.70 Å². The predicted octanol–water partition coefficient (Wildman–Crippen LogP) is 5.21. The Labute approximate surface area is 178 Å². The molecule has 6 heteroatoms. The van der Waals surface area contributed by atoms with Gasteiger partial charge in [-0.05, 0) is 61.0 Å². The van der Waals surface area contributed by atoms with E-state index < -0.39 is 11.9 Å². The van der Waals surface area contributed by atoms with Crippen molar-refractivity contribution >= 4 is 35.5 Å². The van der Waals surface area contributed by atoms with Gasteiger partial charge in [-0.15, -0.1) is 0 Å². The van der Waals surface area contributed by atoms with Crippen molar-refractivity contribution in [3.8, 4) is 5.75 Å². The first-order valence-corrected chi connectivity index (χ1v) is 9.53. The van der Waals surface area contributed by atoms with Crippen molar-refractivity contribution in [3.63, 3.8) is 0 Å². The number of benzene rings is 3. The molecule has 0 amide bonds. The summed E-state index contributed by atoms with van der Waals surface area (Å²) in [5.74, 6) is -0.367. The van der Waals surface area contributed by atoms with E-state index in [0.717, 1.165) is 5.56 Å². The van der Waals surface area contributed by atoms with Gasteiger partial charge in [-0.1, -0.05) is 47.5 Å². The summed E-state index contributed by atoms with van der Waals surface area (Å²) in [6.45, 7) is 1.95. The van der Waals surface area contributed by atoms with E-state index in [-0.39, 0.29) is 11.6 Å². The van der Waals surface area contributed by atoms with E-state index in [1.165, 1.54) is 0 Å². The Kier molecular flexibility index (Phi) is 5.46. The van der Waals surface area contributed by atoms with Gasteiger partial charge < -0.3 is 9.47 Å². The van der Waals surface area contributed by atoms with Crippen LogP contribution in [0.4, 0.5) is 0 Å². The Morgan fingerprint density at radius 3 is 2.47 bits per heavy atom. The van der Waals surface area contributed by atoms with Crippen LogP contribution in [0, 0.1) is 6.92 Å². The SMILES string of the molecule is Cc1ccc(C(=O)Oc2ccc(C=C3N=C(c4cccc(Cl)c4)OC3=O)cc2)cc1. The van der Waals surface area contributed by atoms with Crippen LogP contribution < -0.4 is 4.74 Å². The number of aryl methyl sites for hydroxylation is 1. The second-order valence-corrected chi connectivity index (χ2v) is 7.11. The summed E-state index contributed by atoms with van der Waals surface area (Å²) < 4.78 is 10.6. The van der Waals surface area contributed by atoms with Crippen molar-refractivity contribution in [2.24, 2.45) is 4.99 Å². The minimum absolute atomic E-state index is 0.175. The Morgan fingerprint density at radius 1 is 1.03 bits per heavy atom. The van der Waals surface area contributed by atoms with Gasteiger partial charge in [-0.3, -0.25) is 0 Å². The van der Waals surface area contributed by atoms with Gasteiger partial charge in [-0.2, -0.15) is 0 Å². The molecule has 3 aromatic carbocycles. The average molecular weight is 418 g/mol. The fourth-order valence-electron chi connectivity index (χ4n) is 2.80. The molecule has 0 N–H and O–H groups in total. The van der Waals surface area contributed by atoms with Crippen LogP contribution in [0.25, 0.3) is 6.08 Å². The smallest absolute Gasteiger partial charge is 0.363 e. The van der Waals surface area contributed by atoms with Crippen LogP contribution in [0.2, 0.25) is 5.02 Å². The molecule has 0 aromatic heterocycles. The number of cyclic esters (lactones) is 1. The number of aliphatic imine (C=N–C) groups is 1. The molecule has 1 heterocycles. The Balaban J connectivity index is 1.48. The molecule has 0 fully saturated rings. The highest BCUT2D eigenvalue weighted by Crippen LogP contribution is 2.22. The van der Waals surface area contributed by atoms with Crippen molar-refractivity contribution < 1.29 is 19.1 Å². The molecule has 0 bridgehead atoms. The summed E-state index contributed by atoms with van der Waals surface area (Å²) in [5.41, 5.74) is 3.05. The number of rotatable bonds is 4. The standard InChI is InChI=1S/C24H16ClNO4/c1-15-5-9-17(10-6-15)23(27)29-20-11-7-16(8-12-20)13-21-24(28)30-22(26-21)18-3-2-4-19(25)14-18/h2-14H,1H3. The minimum atomic E-state index is -0.542. The van der Waals surface area contributed by atoms with E-state index in [9.17, 15) is 9.59 Å². The van der Waals surface area contributed by atoms with E-state index in [0.29, 0.717) is 27.5 Å². The molecule has 0 spiro atoms. The van der Waals surface area contributed by atoms with Gasteiger partial charge in [0.1, 0.15) is 5.75 Å². The number of hydrogen-bond donors (Lipinski definition) is 0. The summed E-state index contributed by atoms with van der Waals surface area (Å²) in [6, 6.07) is 20.8. The van der Waals surface area contributed by atoms with Crippen LogP contribution in [0.1, 0.15) is 27.0 Å². The van der Waals surface area contributed by atoms with E-state index in [1.807, 2.05) is 19.1 Å². The Morgan fingerprint density at radius 2 is 1.77 bits per heavy atom. The second kappa shape index (κ2) is 8.35. The lowest BCUT2D eigenvalue weighted by atomic mass is 10.1. The van der Waals surface area contributed by atoms with Crippen LogP contribution >= 0.6 is 11.6 Å². The molecular weight excluding hydrogens is 402 g/mol. The summed E-state index contributed by atoms with van der Waals surface area (Å²) in [5, 5.41) is 0.527. The number of ether oxygens (including phenoxy) is 2. The van der Waals surface area contributed by atoms with Gasteiger partial charge in [0.05, 0.1) is 5.56 Å². The first kappa shape index (κ1) is 19.6. The summed E-state index contributed by atoms with van der Waals surface area (Å²) in [4.78, 5) is 28.6. The molecule has 0 radical (unpaired) electrons. The first-order valence-electron chi connectivity index (χ1n) is 9.15. The van der Waals surface area contributed by atoms with Crippen LogP contribution in [-0.4, -0.2) is 17.8 Å². The van der Waals surface area contributed by atoms with Crippen LogP contribution in [-0.2, 0) is 9.53 Å². The number of hydrogen-bond acceptors (Lipinski definition) is 5. The maximum absolute atomic E-state index is 12.2. The highest BCUT2D eigenvalue weighted by molar-refractivity contribution is 6.31. The van der Waals surface area contributed by atoms with Crippen LogP contribution in [0.3, 0.4) is 0 Å². The maximum Gasteiger partial charge on any atom is 0.363 e. The van der Waals surface area contributed by atoms with Gasteiger partial charge >= 0.3 is 11.9 Å².